The van der Waals surface area contributed by atoms with E-state index in [-0.39, 0.29) is 17.9 Å². The van der Waals surface area contributed by atoms with E-state index in [1.807, 2.05) is 0 Å². The molecule has 19 heavy (non-hydrogen) atoms. The molecule has 0 aromatic heterocycles. The third-order valence-electron chi connectivity index (χ3n) is 5.22. The SMILES string of the molecule is CC[N+](CC)(CC)C1(C)CC=Cc2ccccc21.[Cl-]. The van der Waals surface area contributed by atoms with Gasteiger partial charge >= 0.3 is 0 Å². The molecule has 0 spiro atoms. The lowest BCUT2D eigenvalue weighted by Gasteiger charge is -2.52. The van der Waals surface area contributed by atoms with Crippen LogP contribution in [0, 0.1) is 0 Å². The zero-order valence-electron chi connectivity index (χ0n) is 12.6. The van der Waals surface area contributed by atoms with Gasteiger partial charge < -0.3 is 16.9 Å². The molecule has 0 radical (unpaired) electrons. The quantitative estimate of drug-likeness (QED) is 0.727. The minimum absolute atomic E-state index is 0. The largest absolute Gasteiger partial charge is 1.00 e. The van der Waals surface area contributed by atoms with Crippen molar-refractivity contribution in [1.82, 2.24) is 0 Å². The van der Waals surface area contributed by atoms with Gasteiger partial charge in [0.2, 0.25) is 0 Å². The van der Waals surface area contributed by atoms with Crippen LogP contribution in [-0.4, -0.2) is 24.1 Å². The first-order valence-electron chi connectivity index (χ1n) is 7.25. The van der Waals surface area contributed by atoms with Crippen molar-refractivity contribution >= 4 is 6.08 Å². The summed E-state index contributed by atoms with van der Waals surface area (Å²) in [5.41, 5.74) is 3.16. The number of hydrogen-bond donors (Lipinski definition) is 0. The van der Waals surface area contributed by atoms with E-state index in [1.54, 1.807) is 0 Å². The van der Waals surface area contributed by atoms with E-state index in [2.05, 4.69) is 64.1 Å². The summed E-state index contributed by atoms with van der Waals surface area (Å²) in [5, 5.41) is 0. The second-order valence-electron chi connectivity index (χ2n) is 5.56. The highest BCUT2D eigenvalue weighted by molar-refractivity contribution is 5.58. The minimum Gasteiger partial charge on any atom is -1.00 e. The summed E-state index contributed by atoms with van der Waals surface area (Å²) in [6.45, 7) is 13.0. The van der Waals surface area contributed by atoms with E-state index >= 15 is 0 Å². The molecule has 0 N–H and O–H groups in total. The van der Waals surface area contributed by atoms with Crippen LogP contribution in [0.2, 0.25) is 0 Å². The number of fused-ring (bicyclic) bond motifs is 1. The molecule has 1 aromatic carbocycles. The molecule has 1 atom stereocenters. The van der Waals surface area contributed by atoms with Gasteiger partial charge in [-0.2, -0.15) is 0 Å². The topological polar surface area (TPSA) is 0 Å². The summed E-state index contributed by atoms with van der Waals surface area (Å²) in [5.74, 6) is 0. The van der Waals surface area contributed by atoms with Gasteiger partial charge in [-0.3, -0.25) is 0 Å². The predicted octanol–water partition coefficient (Wildman–Crippen LogP) is 1.20. The summed E-state index contributed by atoms with van der Waals surface area (Å²) in [7, 11) is 0. The smallest absolute Gasteiger partial charge is 0.126 e. The van der Waals surface area contributed by atoms with Crippen LogP contribution in [-0.2, 0) is 5.54 Å². The average Bonchev–Trinajstić information content (AvgIpc) is 2.42. The van der Waals surface area contributed by atoms with E-state index in [1.165, 1.54) is 35.2 Å². The Balaban J connectivity index is 0.00000180. The highest BCUT2D eigenvalue weighted by Gasteiger charge is 2.46. The Bertz CT molecular complexity index is 440. The van der Waals surface area contributed by atoms with Crippen molar-refractivity contribution in [2.24, 2.45) is 0 Å². The Hall–Kier alpha value is -0.790. The molecule has 106 valence electrons. The van der Waals surface area contributed by atoms with Gasteiger partial charge in [0.1, 0.15) is 5.54 Å². The summed E-state index contributed by atoms with van der Waals surface area (Å²) >= 11 is 0. The maximum absolute atomic E-state index is 2.45. The fraction of sp³-hybridized carbons (Fsp3) is 0.529. The maximum Gasteiger partial charge on any atom is 0.126 e. The molecule has 2 heteroatoms. The lowest BCUT2D eigenvalue weighted by Crippen LogP contribution is -3.00. The zero-order chi connectivity index (χ0) is 13.2. The van der Waals surface area contributed by atoms with Crippen LogP contribution in [0.25, 0.3) is 6.08 Å². The van der Waals surface area contributed by atoms with Crippen LogP contribution < -0.4 is 12.4 Å². The Morgan fingerprint density at radius 3 is 2.21 bits per heavy atom. The molecule has 1 aliphatic rings. The van der Waals surface area contributed by atoms with E-state index in [4.69, 9.17) is 0 Å². The number of hydrogen-bond acceptors (Lipinski definition) is 0. The number of nitrogens with zero attached hydrogens (tertiary/aromatic N) is 1. The third kappa shape index (κ3) is 2.34. The van der Waals surface area contributed by atoms with Gasteiger partial charge in [0.05, 0.1) is 19.6 Å². The molecular weight excluding hydrogens is 254 g/mol. The third-order valence-corrected chi connectivity index (χ3v) is 5.22. The normalized spacial score (nSPS) is 21.7. The molecule has 0 heterocycles. The van der Waals surface area contributed by atoms with Crippen molar-refractivity contribution in [3.63, 3.8) is 0 Å². The summed E-state index contributed by atoms with van der Waals surface area (Å²) in [4.78, 5) is 0. The average molecular weight is 280 g/mol. The van der Waals surface area contributed by atoms with Gasteiger partial charge in [-0.05, 0) is 33.3 Å². The van der Waals surface area contributed by atoms with Crippen molar-refractivity contribution < 1.29 is 16.9 Å². The Morgan fingerprint density at radius 1 is 1.05 bits per heavy atom. The zero-order valence-corrected chi connectivity index (χ0v) is 13.4. The van der Waals surface area contributed by atoms with Crippen molar-refractivity contribution in [1.29, 1.82) is 0 Å². The minimum atomic E-state index is 0. The lowest BCUT2D eigenvalue weighted by molar-refractivity contribution is -0.977. The fourth-order valence-corrected chi connectivity index (χ4v) is 3.83. The Morgan fingerprint density at radius 2 is 1.63 bits per heavy atom. The highest BCUT2D eigenvalue weighted by atomic mass is 35.5. The number of quaternary nitrogens is 1. The molecule has 1 unspecified atom stereocenters. The predicted molar refractivity (Wildman–Crippen MR) is 79.3 cm³/mol. The van der Waals surface area contributed by atoms with Crippen molar-refractivity contribution in [2.75, 3.05) is 19.6 Å². The molecule has 0 fully saturated rings. The lowest BCUT2D eigenvalue weighted by atomic mass is 9.78. The molecule has 0 amide bonds. The number of rotatable bonds is 4. The molecule has 1 aliphatic carbocycles. The van der Waals surface area contributed by atoms with Crippen LogP contribution in [0.3, 0.4) is 0 Å². The summed E-state index contributed by atoms with van der Waals surface area (Å²) in [6.07, 6.45) is 5.79. The molecule has 1 nitrogen and oxygen atoms in total. The highest BCUT2D eigenvalue weighted by Crippen LogP contribution is 2.43. The Kier molecular flexibility index (Phi) is 5.23. The number of halogens is 1. The molecule has 0 saturated heterocycles. The first kappa shape index (κ1) is 16.3. The molecule has 1 aromatic rings. The second-order valence-corrected chi connectivity index (χ2v) is 5.56. The van der Waals surface area contributed by atoms with Gasteiger partial charge in [0.25, 0.3) is 0 Å². The fourth-order valence-electron chi connectivity index (χ4n) is 3.83. The molecule has 0 aliphatic heterocycles. The van der Waals surface area contributed by atoms with E-state index in [9.17, 15) is 0 Å². The maximum atomic E-state index is 2.45. The van der Waals surface area contributed by atoms with E-state index < -0.39 is 0 Å². The Labute approximate surface area is 124 Å². The van der Waals surface area contributed by atoms with Crippen LogP contribution in [0.15, 0.2) is 30.3 Å². The molecule has 2 rings (SSSR count). The van der Waals surface area contributed by atoms with E-state index in [0.717, 1.165) is 6.42 Å². The molecule has 0 saturated carbocycles. The van der Waals surface area contributed by atoms with Gasteiger partial charge in [0, 0.05) is 12.0 Å². The first-order chi connectivity index (χ1) is 8.63. The van der Waals surface area contributed by atoms with Gasteiger partial charge in [-0.25, -0.2) is 0 Å². The summed E-state index contributed by atoms with van der Waals surface area (Å²) in [6, 6.07) is 8.91. The van der Waals surface area contributed by atoms with Gasteiger partial charge in [0.15, 0.2) is 0 Å². The molecular formula is C17H26ClN. The van der Waals surface area contributed by atoms with Crippen LogP contribution in [0.5, 0.6) is 0 Å². The van der Waals surface area contributed by atoms with Gasteiger partial charge in [-0.1, -0.05) is 36.4 Å². The van der Waals surface area contributed by atoms with Crippen molar-refractivity contribution in [3.8, 4) is 0 Å². The van der Waals surface area contributed by atoms with Crippen LogP contribution >= 0.6 is 0 Å². The van der Waals surface area contributed by atoms with Crippen molar-refractivity contribution in [3.05, 3.63) is 41.5 Å². The monoisotopic (exact) mass is 279 g/mol. The van der Waals surface area contributed by atoms with Crippen molar-refractivity contribution in [2.45, 2.75) is 39.7 Å². The standard InChI is InChI=1S/C17H26N.ClH/c1-5-18(6-2,7-3)17(4)14-10-12-15-11-8-9-13-16(15)17;/h8-13H,5-7,14H2,1-4H3;1H/q+1;/p-1. The van der Waals surface area contributed by atoms with Gasteiger partial charge in [-0.15, -0.1) is 0 Å². The number of benzene rings is 1. The molecule has 0 bridgehead atoms. The summed E-state index contributed by atoms with van der Waals surface area (Å²) < 4.78 is 1.17. The second kappa shape index (κ2) is 6.11. The van der Waals surface area contributed by atoms with E-state index in [0.29, 0.717) is 0 Å². The first-order valence-corrected chi connectivity index (χ1v) is 7.25. The van der Waals surface area contributed by atoms with Crippen LogP contribution in [0.1, 0.15) is 45.2 Å². The van der Waals surface area contributed by atoms with Crippen LogP contribution in [0.4, 0.5) is 0 Å².